The number of aryl methyl sites for hydroxylation is 1. The van der Waals surface area contributed by atoms with E-state index >= 15 is 0 Å². The zero-order valence-electron chi connectivity index (χ0n) is 10.2. The molecule has 1 heterocycles. The van der Waals surface area contributed by atoms with Gasteiger partial charge in [0, 0.05) is 19.8 Å². The van der Waals surface area contributed by atoms with E-state index in [1.165, 1.54) is 11.1 Å². The Hall–Kier alpha value is -2.03. The van der Waals surface area contributed by atoms with Crippen LogP contribution in [0.1, 0.15) is 11.1 Å². The minimum atomic E-state index is 0.572. The summed E-state index contributed by atoms with van der Waals surface area (Å²) < 4.78 is 0. The summed E-state index contributed by atoms with van der Waals surface area (Å²) in [5.41, 5.74) is 9.37. The third-order valence-corrected chi connectivity index (χ3v) is 2.73. The summed E-state index contributed by atoms with van der Waals surface area (Å²) in [6, 6.07) is 12.4. The Morgan fingerprint density at radius 1 is 1.24 bits per heavy atom. The maximum atomic E-state index is 5.85. The highest BCUT2D eigenvalue weighted by Crippen LogP contribution is 2.20. The van der Waals surface area contributed by atoms with Gasteiger partial charge in [0.1, 0.15) is 5.82 Å². The Morgan fingerprint density at radius 3 is 2.76 bits per heavy atom. The number of nitrogens with two attached hydrogens (primary N) is 1. The van der Waals surface area contributed by atoms with Crippen molar-refractivity contribution < 1.29 is 0 Å². The summed E-state index contributed by atoms with van der Waals surface area (Å²) in [5, 5.41) is 0. The minimum Gasteiger partial charge on any atom is -0.382 e. The SMILES string of the molecule is Cc1cccc(CN(C)c2cccnc2N)c1. The Labute approximate surface area is 102 Å². The molecule has 0 radical (unpaired) electrons. The Bertz CT molecular complexity index is 508. The van der Waals surface area contributed by atoms with Crippen LogP contribution < -0.4 is 10.6 Å². The number of nitrogen functional groups attached to an aromatic ring is 1. The number of pyridine rings is 1. The molecule has 2 aromatic rings. The standard InChI is InChI=1S/C14H17N3/c1-11-5-3-6-12(9-11)10-17(2)13-7-4-8-16-14(13)15/h3-9H,10H2,1-2H3,(H2,15,16). The van der Waals surface area contributed by atoms with Gasteiger partial charge in [-0.25, -0.2) is 4.98 Å². The molecule has 1 aromatic heterocycles. The lowest BCUT2D eigenvalue weighted by molar-refractivity contribution is 0.919. The second kappa shape index (κ2) is 4.87. The molecule has 0 unspecified atom stereocenters. The van der Waals surface area contributed by atoms with Gasteiger partial charge >= 0.3 is 0 Å². The molecular formula is C14H17N3. The van der Waals surface area contributed by atoms with Crippen molar-refractivity contribution in [2.75, 3.05) is 17.7 Å². The molecule has 0 aliphatic heterocycles. The first kappa shape index (κ1) is 11.5. The predicted octanol–water partition coefficient (Wildman–Crippen LogP) is 2.61. The second-order valence-corrected chi connectivity index (χ2v) is 4.25. The van der Waals surface area contributed by atoms with Crippen LogP contribution in [0.5, 0.6) is 0 Å². The second-order valence-electron chi connectivity index (χ2n) is 4.25. The third-order valence-electron chi connectivity index (χ3n) is 2.73. The highest BCUT2D eigenvalue weighted by atomic mass is 15.1. The van der Waals surface area contributed by atoms with Gasteiger partial charge in [0.15, 0.2) is 0 Å². The molecule has 0 fully saturated rings. The van der Waals surface area contributed by atoms with Crippen LogP contribution >= 0.6 is 0 Å². The smallest absolute Gasteiger partial charge is 0.146 e. The molecule has 0 aliphatic rings. The Morgan fingerprint density at radius 2 is 2.06 bits per heavy atom. The van der Waals surface area contributed by atoms with Gasteiger partial charge in [0.2, 0.25) is 0 Å². The summed E-state index contributed by atoms with van der Waals surface area (Å²) in [6.07, 6.45) is 1.71. The van der Waals surface area contributed by atoms with E-state index in [1.54, 1.807) is 6.20 Å². The van der Waals surface area contributed by atoms with Crippen molar-refractivity contribution in [2.24, 2.45) is 0 Å². The van der Waals surface area contributed by atoms with Gasteiger partial charge in [-0.15, -0.1) is 0 Å². The van der Waals surface area contributed by atoms with Crippen LogP contribution in [0.4, 0.5) is 11.5 Å². The van der Waals surface area contributed by atoms with E-state index in [4.69, 9.17) is 5.73 Å². The van der Waals surface area contributed by atoms with Crippen LogP contribution in [-0.2, 0) is 6.54 Å². The van der Waals surface area contributed by atoms with Crippen molar-refractivity contribution in [3.05, 3.63) is 53.7 Å². The molecule has 0 bridgehead atoms. The van der Waals surface area contributed by atoms with Crippen molar-refractivity contribution in [1.82, 2.24) is 4.98 Å². The summed E-state index contributed by atoms with van der Waals surface area (Å²) in [7, 11) is 2.02. The molecular weight excluding hydrogens is 210 g/mol. The first-order valence-corrected chi connectivity index (χ1v) is 5.64. The van der Waals surface area contributed by atoms with Crippen LogP contribution in [-0.4, -0.2) is 12.0 Å². The fraction of sp³-hybridized carbons (Fsp3) is 0.214. The molecule has 1 aromatic carbocycles. The molecule has 3 heteroatoms. The normalized spacial score (nSPS) is 10.2. The highest BCUT2D eigenvalue weighted by molar-refractivity contribution is 5.62. The van der Waals surface area contributed by atoms with Crippen molar-refractivity contribution in [2.45, 2.75) is 13.5 Å². The molecule has 2 N–H and O–H groups in total. The molecule has 17 heavy (non-hydrogen) atoms. The molecule has 0 saturated carbocycles. The van der Waals surface area contributed by atoms with E-state index in [0.717, 1.165) is 12.2 Å². The van der Waals surface area contributed by atoms with Gasteiger partial charge in [-0.05, 0) is 24.6 Å². The van der Waals surface area contributed by atoms with Gasteiger partial charge in [0.05, 0.1) is 5.69 Å². The molecule has 0 aliphatic carbocycles. The first-order chi connectivity index (χ1) is 8.16. The Balaban J connectivity index is 2.17. The quantitative estimate of drug-likeness (QED) is 0.876. The third kappa shape index (κ3) is 2.75. The average molecular weight is 227 g/mol. The molecule has 0 saturated heterocycles. The number of hydrogen-bond donors (Lipinski definition) is 1. The predicted molar refractivity (Wildman–Crippen MR) is 71.9 cm³/mol. The Kier molecular flexibility index (Phi) is 3.28. The van der Waals surface area contributed by atoms with Gasteiger partial charge in [0.25, 0.3) is 0 Å². The molecule has 0 atom stereocenters. The first-order valence-electron chi connectivity index (χ1n) is 5.64. The highest BCUT2D eigenvalue weighted by Gasteiger charge is 2.05. The van der Waals surface area contributed by atoms with Crippen molar-refractivity contribution in [3.63, 3.8) is 0 Å². The number of benzene rings is 1. The molecule has 0 spiro atoms. The van der Waals surface area contributed by atoms with Crippen molar-refractivity contribution in [3.8, 4) is 0 Å². The van der Waals surface area contributed by atoms with Crippen LogP contribution in [0.15, 0.2) is 42.6 Å². The van der Waals surface area contributed by atoms with E-state index < -0.39 is 0 Å². The van der Waals surface area contributed by atoms with Crippen LogP contribution in [0, 0.1) is 6.92 Å². The van der Waals surface area contributed by atoms with Crippen LogP contribution in [0.3, 0.4) is 0 Å². The van der Waals surface area contributed by atoms with E-state index in [-0.39, 0.29) is 0 Å². The van der Waals surface area contributed by atoms with E-state index in [9.17, 15) is 0 Å². The lowest BCUT2D eigenvalue weighted by Crippen LogP contribution is -2.18. The zero-order chi connectivity index (χ0) is 12.3. The van der Waals surface area contributed by atoms with E-state index in [1.807, 2.05) is 19.2 Å². The van der Waals surface area contributed by atoms with Crippen molar-refractivity contribution >= 4 is 11.5 Å². The lowest BCUT2D eigenvalue weighted by atomic mass is 10.1. The summed E-state index contributed by atoms with van der Waals surface area (Å²) in [6.45, 7) is 2.93. The maximum Gasteiger partial charge on any atom is 0.146 e. The number of aromatic nitrogens is 1. The van der Waals surface area contributed by atoms with Gasteiger partial charge < -0.3 is 10.6 Å². The summed E-state index contributed by atoms with van der Waals surface area (Å²) in [4.78, 5) is 6.20. The average Bonchev–Trinajstić information content (AvgIpc) is 2.29. The number of hydrogen-bond acceptors (Lipinski definition) is 3. The number of rotatable bonds is 3. The number of anilines is 2. The van der Waals surface area contributed by atoms with Crippen molar-refractivity contribution in [1.29, 1.82) is 0 Å². The topological polar surface area (TPSA) is 42.2 Å². The van der Waals surface area contributed by atoms with Gasteiger partial charge in [-0.3, -0.25) is 0 Å². The monoisotopic (exact) mass is 227 g/mol. The van der Waals surface area contributed by atoms with Crippen LogP contribution in [0.25, 0.3) is 0 Å². The molecule has 3 nitrogen and oxygen atoms in total. The molecule has 0 amide bonds. The van der Waals surface area contributed by atoms with E-state index in [2.05, 4.69) is 41.1 Å². The summed E-state index contributed by atoms with van der Waals surface area (Å²) >= 11 is 0. The maximum absolute atomic E-state index is 5.85. The zero-order valence-corrected chi connectivity index (χ0v) is 10.2. The summed E-state index contributed by atoms with van der Waals surface area (Å²) in [5.74, 6) is 0.572. The lowest BCUT2D eigenvalue weighted by Gasteiger charge is -2.20. The molecule has 2 rings (SSSR count). The fourth-order valence-corrected chi connectivity index (χ4v) is 1.90. The number of nitrogens with zero attached hydrogens (tertiary/aromatic N) is 2. The minimum absolute atomic E-state index is 0.572. The molecule has 88 valence electrons. The van der Waals surface area contributed by atoms with Gasteiger partial charge in [-0.1, -0.05) is 29.8 Å². The largest absolute Gasteiger partial charge is 0.382 e. The fourth-order valence-electron chi connectivity index (χ4n) is 1.90. The van der Waals surface area contributed by atoms with Crippen LogP contribution in [0.2, 0.25) is 0 Å². The van der Waals surface area contributed by atoms with E-state index in [0.29, 0.717) is 5.82 Å². The van der Waals surface area contributed by atoms with Gasteiger partial charge in [-0.2, -0.15) is 0 Å².